The number of imidazole rings is 1. The van der Waals surface area contributed by atoms with E-state index in [1.807, 2.05) is 6.07 Å². The second kappa shape index (κ2) is 4.66. The SMILES string of the molecule is CN(Cc1ccc2nc[nH]c2c1)C1CC(C(=O)O)C1. The Morgan fingerprint density at radius 2 is 2.32 bits per heavy atom. The Hall–Kier alpha value is -1.88. The molecule has 5 nitrogen and oxygen atoms in total. The van der Waals surface area contributed by atoms with Crippen molar-refractivity contribution in [2.45, 2.75) is 25.4 Å². The molecule has 1 fully saturated rings. The molecule has 2 N–H and O–H groups in total. The molecule has 0 aliphatic heterocycles. The van der Waals surface area contributed by atoms with E-state index in [9.17, 15) is 4.79 Å². The van der Waals surface area contributed by atoms with Crippen LogP contribution >= 0.6 is 0 Å². The van der Waals surface area contributed by atoms with Crippen molar-refractivity contribution in [2.24, 2.45) is 5.92 Å². The second-order valence-electron chi connectivity index (χ2n) is 5.33. The van der Waals surface area contributed by atoms with E-state index in [1.165, 1.54) is 5.56 Å². The molecule has 1 aliphatic rings. The number of hydrogen-bond acceptors (Lipinski definition) is 3. The van der Waals surface area contributed by atoms with E-state index in [0.717, 1.165) is 30.4 Å². The van der Waals surface area contributed by atoms with Crippen LogP contribution in [0.5, 0.6) is 0 Å². The van der Waals surface area contributed by atoms with Crippen molar-refractivity contribution in [2.75, 3.05) is 7.05 Å². The lowest BCUT2D eigenvalue weighted by Crippen LogP contribution is -2.44. The van der Waals surface area contributed by atoms with Crippen molar-refractivity contribution in [3.05, 3.63) is 30.1 Å². The lowest BCUT2D eigenvalue weighted by atomic mass is 9.79. The summed E-state index contributed by atoms with van der Waals surface area (Å²) in [4.78, 5) is 20.3. The molecule has 3 rings (SSSR count). The average Bonchev–Trinajstić information content (AvgIpc) is 2.73. The number of aromatic nitrogens is 2. The molecule has 1 heterocycles. The highest BCUT2D eigenvalue weighted by atomic mass is 16.4. The summed E-state index contributed by atoms with van der Waals surface area (Å²) in [5, 5.41) is 8.89. The van der Waals surface area contributed by atoms with Crippen LogP contribution in [0.3, 0.4) is 0 Å². The standard InChI is InChI=1S/C14H17N3O2/c1-17(11-5-10(6-11)14(18)19)7-9-2-3-12-13(4-9)16-8-15-12/h2-4,8,10-11H,5-7H2,1H3,(H,15,16)(H,18,19). The van der Waals surface area contributed by atoms with Gasteiger partial charge in [-0.15, -0.1) is 0 Å². The molecule has 0 radical (unpaired) electrons. The van der Waals surface area contributed by atoms with Gasteiger partial charge in [-0.3, -0.25) is 9.69 Å². The zero-order chi connectivity index (χ0) is 13.4. The van der Waals surface area contributed by atoms with Gasteiger partial charge in [0.25, 0.3) is 0 Å². The van der Waals surface area contributed by atoms with Crippen LogP contribution in [0, 0.1) is 5.92 Å². The number of aliphatic carboxylic acids is 1. The summed E-state index contributed by atoms with van der Waals surface area (Å²) in [6, 6.07) is 6.58. The van der Waals surface area contributed by atoms with E-state index in [-0.39, 0.29) is 5.92 Å². The predicted octanol–water partition coefficient (Wildman–Crippen LogP) is 1.86. The summed E-state index contributed by atoms with van der Waals surface area (Å²) in [6.45, 7) is 0.839. The number of nitrogens with zero attached hydrogens (tertiary/aromatic N) is 2. The van der Waals surface area contributed by atoms with Gasteiger partial charge in [0.1, 0.15) is 0 Å². The van der Waals surface area contributed by atoms with E-state index in [4.69, 9.17) is 5.11 Å². The van der Waals surface area contributed by atoms with Crippen LogP contribution in [-0.4, -0.2) is 39.0 Å². The van der Waals surface area contributed by atoms with Gasteiger partial charge in [0.2, 0.25) is 0 Å². The van der Waals surface area contributed by atoms with Crippen molar-refractivity contribution >= 4 is 17.0 Å². The lowest BCUT2D eigenvalue weighted by Gasteiger charge is -2.39. The van der Waals surface area contributed by atoms with Crippen molar-refractivity contribution in [1.29, 1.82) is 0 Å². The molecule has 0 atom stereocenters. The first-order chi connectivity index (χ1) is 9.13. The molecular weight excluding hydrogens is 242 g/mol. The first-order valence-electron chi connectivity index (χ1n) is 6.48. The molecule has 1 aromatic carbocycles. The number of benzene rings is 1. The number of nitrogens with one attached hydrogen (secondary N) is 1. The molecule has 100 valence electrons. The maximum Gasteiger partial charge on any atom is 0.306 e. The topological polar surface area (TPSA) is 69.2 Å². The molecule has 0 spiro atoms. The van der Waals surface area contributed by atoms with Crippen LogP contribution in [0.15, 0.2) is 24.5 Å². The Bertz CT molecular complexity index is 602. The number of fused-ring (bicyclic) bond motifs is 1. The molecular formula is C14H17N3O2. The number of H-pyrrole nitrogens is 1. The van der Waals surface area contributed by atoms with E-state index < -0.39 is 5.97 Å². The van der Waals surface area contributed by atoms with Gasteiger partial charge in [-0.1, -0.05) is 6.07 Å². The van der Waals surface area contributed by atoms with Crippen LogP contribution in [-0.2, 0) is 11.3 Å². The molecule has 1 aliphatic carbocycles. The maximum atomic E-state index is 10.8. The van der Waals surface area contributed by atoms with Crippen LogP contribution in [0.1, 0.15) is 18.4 Å². The summed E-state index contributed by atoms with van der Waals surface area (Å²) in [6.07, 6.45) is 3.22. The summed E-state index contributed by atoms with van der Waals surface area (Å²) < 4.78 is 0. The van der Waals surface area contributed by atoms with Crippen LogP contribution in [0.4, 0.5) is 0 Å². The minimum atomic E-state index is -0.663. The molecule has 2 aromatic rings. The van der Waals surface area contributed by atoms with Crippen molar-refractivity contribution in [3.63, 3.8) is 0 Å². The quantitative estimate of drug-likeness (QED) is 0.879. The van der Waals surface area contributed by atoms with Crippen LogP contribution < -0.4 is 0 Å². The monoisotopic (exact) mass is 259 g/mol. The zero-order valence-corrected chi connectivity index (χ0v) is 10.8. The highest BCUT2D eigenvalue weighted by molar-refractivity contribution is 5.75. The predicted molar refractivity (Wildman–Crippen MR) is 71.7 cm³/mol. The lowest BCUT2D eigenvalue weighted by molar-refractivity contribution is -0.146. The first kappa shape index (κ1) is 12.2. The van der Waals surface area contributed by atoms with E-state index in [0.29, 0.717) is 6.04 Å². The van der Waals surface area contributed by atoms with Crippen molar-refractivity contribution in [1.82, 2.24) is 14.9 Å². The van der Waals surface area contributed by atoms with Gasteiger partial charge in [0, 0.05) is 12.6 Å². The molecule has 0 bridgehead atoms. The first-order valence-corrected chi connectivity index (χ1v) is 6.48. The fourth-order valence-corrected chi connectivity index (χ4v) is 2.65. The van der Waals surface area contributed by atoms with E-state index in [1.54, 1.807) is 6.33 Å². The van der Waals surface area contributed by atoms with Gasteiger partial charge in [0.15, 0.2) is 0 Å². The minimum Gasteiger partial charge on any atom is -0.481 e. The number of rotatable bonds is 4. The number of carboxylic acids is 1. The second-order valence-corrected chi connectivity index (χ2v) is 5.33. The summed E-state index contributed by atoms with van der Waals surface area (Å²) in [5.41, 5.74) is 3.24. The fourth-order valence-electron chi connectivity index (χ4n) is 2.65. The average molecular weight is 259 g/mol. The number of carboxylic acid groups (broad SMARTS) is 1. The van der Waals surface area contributed by atoms with Crippen molar-refractivity contribution < 1.29 is 9.90 Å². The molecule has 1 saturated carbocycles. The van der Waals surface area contributed by atoms with Gasteiger partial charge in [0.05, 0.1) is 23.3 Å². The highest BCUT2D eigenvalue weighted by Crippen LogP contribution is 2.32. The Morgan fingerprint density at radius 1 is 1.53 bits per heavy atom. The number of hydrogen-bond donors (Lipinski definition) is 2. The largest absolute Gasteiger partial charge is 0.481 e. The van der Waals surface area contributed by atoms with Gasteiger partial charge in [-0.05, 0) is 37.6 Å². The van der Waals surface area contributed by atoms with Gasteiger partial charge >= 0.3 is 5.97 Å². The van der Waals surface area contributed by atoms with E-state index >= 15 is 0 Å². The molecule has 19 heavy (non-hydrogen) atoms. The smallest absolute Gasteiger partial charge is 0.306 e. The van der Waals surface area contributed by atoms with Crippen LogP contribution in [0.2, 0.25) is 0 Å². The molecule has 0 amide bonds. The third-order valence-electron chi connectivity index (χ3n) is 4.00. The summed E-state index contributed by atoms with van der Waals surface area (Å²) in [5.74, 6) is -0.814. The Morgan fingerprint density at radius 3 is 3.05 bits per heavy atom. The van der Waals surface area contributed by atoms with E-state index in [2.05, 4.69) is 34.0 Å². The Kier molecular flexibility index (Phi) is 2.98. The van der Waals surface area contributed by atoms with Crippen LogP contribution in [0.25, 0.3) is 11.0 Å². The molecule has 5 heteroatoms. The van der Waals surface area contributed by atoms with Gasteiger partial charge in [-0.25, -0.2) is 4.98 Å². The maximum absolute atomic E-state index is 10.8. The normalized spacial score (nSPS) is 22.6. The summed E-state index contributed by atoms with van der Waals surface area (Å²) in [7, 11) is 2.06. The van der Waals surface area contributed by atoms with Gasteiger partial charge in [-0.2, -0.15) is 0 Å². The Balaban J connectivity index is 1.63. The zero-order valence-electron chi connectivity index (χ0n) is 10.8. The third-order valence-corrected chi connectivity index (χ3v) is 4.00. The molecule has 0 unspecified atom stereocenters. The molecule has 0 saturated heterocycles. The highest BCUT2D eigenvalue weighted by Gasteiger charge is 2.36. The molecule has 1 aromatic heterocycles. The number of carbonyl (C=O) groups is 1. The van der Waals surface area contributed by atoms with Gasteiger partial charge < -0.3 is 10.1 Å². The summed E-state index contributed by atoms with van der Waals surface area (Å²) >= 11 is 0. The fraction of sp³-hybridized carbons (Fsp3) is 0.429. The Labute approximate surface area is 111 Å². The third kappa shape index (κ3) is 2.33. The number of aromatic amines is 1. The minimum absolute atomic E-state index is 0.150. The van der Waals surface area contributed by atoms with Crippen molar-refractivity contribution in [3.8, 4) is 0 Å².